The van der Waals surface area contributed by atoms with Crippen LogP contribution in [0.5, 0.6) is 0 Å². The zero-order valence-corrected chi connectivity index (χ0v) is 12.2. The monoisotopic (exact) mass is 264 g/mol. The lowest BCUT2D eigenvalue weighted by atomic mass is 9.72. The van der Waals surface area contributed by atoms with Gasteiger partial charge in [0.2, 0.25) is 5.91 Å². The summed E-state index contributed by atoms with van der Waals surface area (Å²) in [5, 5.41) is 3.43. The highest BCUT2D eigenvalue weighted by atomic mass is 16.2. The first-order chi connectivity index (χ1) is 9.27. The van der Waals surface area contributed by atoms with Gasteiger partial charge in [-0.15, -0.1) is 0 Å². The van der Waals surface area contributed by atoms with Crippen LogP contribution in [0.15, 0.2) is 0 Å². The van der Waals surface area contributed by atoms with Crippen LogP contribution >= 0.6 is 0 Å². The molecule has 0 aromatic carbocycles. The molecule has 3 nitrogen and oxygen atoms in total. The van der Waals surface area contributed by atoms with E-state index in [4.69, 9.17) is 0 Å². The summed E-state index contributed by atoms with van der Waals surface area (Å²) in [6, 6.07) is 0.665. The van der Waals surface area contributed by atoms with Crippen molar-refractivity contribution >= 4 is 5.91 Å². The topological polar surface area (TPSA) is 32.3 Å². The van der Waals surface area contributed by atoms with Gasteiger partial charge in [0, 0.05) is 12.6 Å². The Morgan fingerprint density at radius 1 is 1.05 bits per heavy atom. The molecule has 1 amide bonds. The van der Waals surface area contributed by atoms with Crippen LogP contribution in [0, 0.1) is 11.8 Å². The van der Waals surface area contributed by atoms with Crippen molar-refractivity contribution < 1.29 is 4.79 Å². The van der Waals surface area contributed by atoms with E-state index in [1.165, 1.54) is 44.9 Å². The van der Waals surface area contributed by atoms with E-state index < -0.39 is 0 Å². The van der Waals surface area contributed by atoms with Gasteiger partial charge in [0.25, 0.3) is 0 Å². The summed E-state index contributed by atoms with van der Waals surface area (Å²) in [4.78, 5) is 15.0. The number of hydrogen-bond donors (Lipinski definition) is 1. The van der Waals surface area contributed by atoms with Gasteiger partial charge in [0.15, 0.2) is 0 Å². The molecule has 19 heavy (non-hydrogen) atoms. The zero-order valence-electron chi connectivity index (χ0n) is 12.2. The fourth-order valence-corrected chi connectivity index (χ4v) is 4.45. The highest BCUT2D eigenvalue weighted by Crippen LogP contribution is 2.39. The van der Waals surface area contributed by atoms with E-state index >= 15 is 0 Å². The van der Waals surface area contributed by atoms with Crippen molar-refractivity contribution in [1.82, 2.24) is 10.2 Å². The third-order valence-corrected chi connectivity index (χ3v) is 5.63. The number of nitrogens with zero attached hydrogens (tertiary/aromatic N) is 1. The number of amides is 1. The Morgan fingerprint density at radius 3 is 2.63 bits per heavy atom. The van der Waals surface area contributed by atoms with Gasteiger partial charge in [-0.25, -0.2) is 0 Å². The molecule has 108 valence electrons. The van der Waals surface area contributed by atoms with Gasteiger partial charge in [-0.2, -0.15) is 0 Å². The number of hydrogen-bond acceptors (Lipinski definition) is 2. The predicted octanol–water partition coefficient (Wildman–Crippen LogP) is 2.56. The molecule has 2 saturated heterocycles. The number of nitrogens with one attached hydrogen (secondary N) is 1. The van der Waals surface area contributed by atoms with Gasteiger partial charge in [-0.05, 0) is 50.5 Å². The van der Waals surface area contributed by atoms with Crippen molar-refractivity contribution in [2.75, 3.05) is 13.1 Å². The average Bonchev–Trinajstić information content (AvgIpc) is 2.48. The third-order valence-electron chi connectivity index (χ3n) is 5.63. The molecule has 3 heteroatoms. The summed E-state index contributed by atoms with van der Waals surface area (Å²) in [6.07, 6.45) is 9.96. The molecule has 0 spiro atoms. The molecule has 3 aliphatic rings. The van der Waals surface area contributed by atoms with E-state index in [0.29, 0.717) is 11.9 Å². The first-order valence-corrected chi connectivity index (χ1v) is 8.31. The number of likely N-dealkylation sites (tertiary alicyclic amines) is 1. The first kappa shape index (κ1) is 13.4. The number of carbonyl (C=O) groups is 1. The second-order valence-electron chi connectivity index (χ2n) is 6.82. The molecule has 2 heterocycles. The van der Waals surface area contributed by atoms with E-state index in [-0.39, 0.29) is 6.04 Å². The summed E-state index contributed by atoms with van der Waals surface area (Å²) < 4.78 is 0. The molecular weight excluding hydrogens is 236 g/mol. The van der Waals surface area contributed by atoms with Crippen molar-refractivity contribution in [3.05, 3.63) is 0 Å². The summed E-state index contributed by atoms with van der Waals surface area (Å²) >= 11 is 0. The Hall–Kier alpha value is -0.570. The van der Waals surface area contributed by atoms with Crippen LogP contribution < -0.4 is 5.32 Å². The van der Waals surface area contributed by atoms with Crippen LogP contribution in [0.25, 0.3) is 0 Å². The lowest BCUT2D eigenvalue weighted by Crippen LogP contribution is -2.57. The highest BCUT2D eigenvalue weighted by Gasteiger charge is 2.41. The SMILES string of the molecule is CC1CCN(C(=O)[C@@H]2CCCCN2)C2CCCCC12. The standard InChI is InChI=1S/C16H28N2O/c1-12-9-11-18(15-8-3-2-6-13(12)15)16(19)14-7-4-5-10-17-14/h12-15,17H,2-11H2,1H3/t12?,13?,14-,15?/m0/s1. The van der Waals surface area contributed by atoms with Crippen LogP contribution in [-0.4, -0.2) is 36.0 Å². The number of piperidine rings is 2. The maximum Gasteiger partial charge on any atom is 0.239 e. The summed E-state index contributed by atoms with van der Waals surface area (Å²) in [7, 11) is 0. The van der Waals surface area contributed by atoms with Crippen molar-refractivity contribution in [2.45, 2.75) is 70.4 Å². The summed E-state index contributed by atoms with van der Waals surface area (Å²) in [5.41, 5.74) is 0. The van der Waals surface area contributed by atoms with E-state index in [2.05, 4.69) is 17.1 Å². The molecule has 1 saturated carbocycles. The minimum absolute atomic E-state index is 0.115. The van der Waals surface area contributed by atoms with E-state index in [1.807, 2.05) is 0 Å². The van der Waals surface area contributed by atoms with Gasteiger partial charge < -0.3 is 10.2 Å². The van der Waals surface area contributed by atoms with Crippen LogP contribution in [0.1, 0.15) is 58.3 Å². The van der Waals surface area contributed by atoms with Crippen molar-refractivity contribution in [2.24, 2.45) is 11.8 Å². The van der Waals surface area contributed by atoms with Crippen LogP contribution in [0.2, 0.25) is 0 Å². The Morgan fingerprint density at radius 2 is 1.84 bits per heavy atom. The zero-order chi connectivity index (χ0) is 13.2. The minimum atomic E-state index is 0.115. The number of fused-ring (bicyclic) bond motifs is 1. The Kier molecular flexibility index (Phi) is 4.11. The Bertz CT molecular complexity index is 325. The second-order valence-corrected chi connectivity index (χ2v) is 6.82. The van der Waals surface area contributed by atoms with E-state index in [9.17, 15) is 4.79 Å². The van der Waals surface area contributed by atoms with Gasteiger partial charge in [-0.3, -0.25) is 4.79 Å². The van der Waals surface area contributed by atoms with E-state index in [1.54, 1.807) is 0 Å². The van der Waals surface area contributed by atoms with Crippen molar-refractivity contribution in [1.29, 1.82) is 0 Å². The number of carbonyl (C=O) groups excluding carboxylic acids is 1. The smallest absolute Gasteiger partial charge is 0.239 e. The maximum absolute atomic E-state index is 12.8. The maximum atomic E-state index is 12.8. The van der Waals surface area contributed by atoms with Gasteiger partial charge >= 0.3 is 0 Å². The summed E-state index contributed by atoms with van der Waals surface area (Å²) in [5.74, 6) is 1.99. The third kappa shape index (κ3) is 2.67. The Balaban J connectivity index is 1.70. The number of rotatable bonds is 1. The molecule has 4 atom stereocenters. The molecule has 1 N–H and O–H groups in total. The lowest BCUT2D eigenvalue weighted by molar-refractivity contribution is -0.141. The molecule has 0 radical (unpaired) electrons. The minimum Gasteiger partial charge on any atom is -0.338 e. The highest BCUT2D eigenvalue weighted by molar-refractivity contribution is 5.82. The molecule has 0 aromatic heterocycles. The normalized spacial score (nSPS) is 39.7. The lowest BCUT2D eigenvalue weighted by Gasteiger charge is -2.48. The molecule has 0 aromatic rings. The van der Waals surface area contributed by atoms with Crippen LogP contribution in [0.4, 0.5) is 0 Å². The summed E-state index contributed by atoms with van der Waals surface area (Å²) in [6.45, 7) is 4.41. The van der Waals surface area contributed by atoms with Crippen molar-refractivity contribution in [3.8, 4) is 0 Å². The predicted molar refractivity (Wildman–Crippen MR) is 76.9 cm³/mol. The molecular formula is C16H28N2O. The quantitative estimate of drug-likeness (QED) is 0.789. The molecule has 1 aliphatic carbocycles. The van der Waals surface area contributed by atoms with Gasteiger partial charge in [-0.1, -0.05) is 26.2 Å². The fraction of sp³-hybridized carbons (Fsp3) is 0.938. The largest absolute Gasteiger partial charge is 0.338 e. The average molecular weight is 264 g/mol. The molecule has 2 aliphatic heterocycles. The van der Waals surface area contributed by atoms with Crippen LogP contribution in [0.3, 0.4) is 0 Å². The van der Waals surface area contributed by atoms with E-state index in [0.717, 1.165) is 31.3 Å². The molecule has 3 fully saturated rings. The second kappa shape index (κ2) is 5.82. The van der Waals surface area contributed by atoms with Gasteiger partial charge in [0.05, 0.1) is 6.04 Å². The molecule has 3 unspecified atom stereocenters. The fourth-order valence-electron chi connectivity index (χ4n) is 4.45. The van der Waals surface area contributed by atoms with Gasteiger partial charge in [0.1, 0.15) is 0 Å². The van der Waals surface area contributed by atoms with Crippen molar-refractivity contribution in [3.63, 3.8) is 0 Å². The van der Waals surface area contributed by atoms with Crippen LogP contribution in [-0.2, 0) is 4.79 Å². The molecule has 0 bridgehead atoms. The first-order valence-electron chi connectivity index (χ1n) is 8.31. The Labute approximate surface area is 117 Å². The molecule has 3 rings (SSSR count).